The summed E-state index contributed by atoms with van der Waals surface area (Å²) in [5.41, 5.74) is 2.04. The second-order valence-corrected chi connectivity index (χ2v) is 10.0. The Kier molecular flexibility index (Phi) is 7.09. The number of aliphatic hydroxyl groups excluding tert-OH is 1. The molecule has 1 aliphatic carbocycles. The number of β-amino-alcohol motifs (C(OH)–C–C–N with tert-alkyl or cyclic N) is 1. The van der Waals surface area contributed by atoms with Crippen LogP contribution in [0, 0.1) is 5.92 Å². The molecule has 4 atom stereocenters. The number of halogens is 2. The van der Waals surface area contributed by atoms with Crippen LogP contribution < -0.4 is 0 Å². The molecule has 2 heterocycles. The number of aliphatic hydroxyl groups is 1. The molecule has 4 rings (SSSR count). The maximum absolute atomic E-state index is 13.0. The molecule has 2 aliphatic heterocycles. The molecule has 0 radical (unpaired) electrons. The van der Waals surface area contributed by atoms with Gasteiger partial charge in [0.05, 0.1) is 12.1 Å². The predicted molar refractivity (Wildman–Crippen MR) is 125 cm³/mol. The largest absolute Gasteiger partial charge is 0.390 e. The van der Waals surface area contributed by atoms with Crippen LogP contribution in [-0.2, 0) is 11.3 Å². The van der Waals surface area contributed by atoms with E-state index < -0.39 is 6.10 Å². The Labute approximate surface area is 194 Å². The van der Waals surface area contributed by atoms with Crippen molar-refractivity contribution in [2.45, 2.75) is 45.0 Å². The lowest BCUT2D eigenvalue weighted by atomic mass is 9.95. The van der Waals surface area contributed by atoms with E-state index >= 15 is 0 Å². The van der Waals surface area contributed by atoms with Gasteiger partial charge in [-0.25, -0.2) is 0 Å². The standard InChI is InChI=1S/C24H31Cl2N3O2/c1-16-11-19(5-8-21(16)26)24(31)29-14-22(23(30)15-29)28-10-9-27(17(2)12-28)13-18-3-6-20(25)7-4-18/h3-8,16-17,22-23,30H,9-15H2,1-2H3/t16?,17-,22?,23?/m1/s1. The van der Waals surface area contributed by atoms with Crippen LogP contribution in [0.25, 0.3) is 0 Å². The highest BCUT2D eigenvalue weighted by Gasteiger charge is 2.40. The van der Waals surface area contributed by atoms with E-state index in [2.05, 4.69) is 28.9 Å². The molecule has 3 unspecified atom stereocenters. The van der Waals surface area contributed by atoms with Crippen LogP contribution in [0.2, 0.25) is 5.02 Å². The van der Waals surface area contributed by atoms with Crippen molar-refractivity contribution in [2.24, 2.45) is 5.92 Å². The molecule has 5 nitrogen and oxygen atoms in total. The van der Waals surface area contributed by atoms with Crippen LogP contribution in [0.15, 0.2) is 47.0 Å². The van der Waals surface area contributed by atoms with E-state index in [9.17, 15) is 9.90 Å². The number of carbonyl (C=O) groups excluding carboxylic acids is 1. The van der Waals surface area contributed by atoms with Crippen molar-refractivity contribution in [1.82, 2.24) is 14.7 Å². The van der Waals surface area contributed by atoms with Gasteiger partial charge in [0, 0.05) is 60.9 Å². The first kappa shape index (κ1) is 22.8. The van der Waals surface area contributed by atoms with Gasteiger partial charge < -0.3 is 10.0 Å². The molecular formula is C24H31Cl2N3O2. The number of hydrogen-bond acceptors (Lipinski definition) is 4. The lowest BCUT2D eigenvalue weighted by Gasteiger charge is -2.43. The van der Waals surface area contributed by atoms with Crippen LogP contribution in [0.4, 0.5) is 0 Å². The van der Waals surface area contributed by atoms with Gasteiger partial charge in [0.1, 0.15) is 0 Å². The summed E-state index contributed by atoms with van der Waals surface area (Å²) in [4.78, 5) is 19.6. The van der Waals surface area contributed by atoms with Gasteiger partial charge in [0.25, 0.3) is 0 Å². The minimum atomic E-state index is -0.514. The molecule has 3 aliphatic rings. The number of carbonyl (C=O) groups is 1. The van der Waals surface area contributed by atoms with E-state index in [4.69, 9.17) is 23.2 Å². The highest BCUT2D eigenvalue weighted by Crippen LogP contribution is 2.30. The zero-order valence-electron chi connectivity index (χ0n) is 18.2. The number of benzene rings is 1. The first-order valence-corrected chi connectivity index (χ1v) is 11.8. The Balaban J connectivity index is 1.34. The van der Waals surface area contributed by atoms with Crippen molar-refractivity contribution in [3.05, 3.63) is 57.6 Å². The molecule has 0 spiro atoms. The minimum Gasteiger partial charge on any atom is -0.390 e. The van der Waals surface area contributed by atoms with Crippen LogP contribution in [0.3, 0.4) is 0 Å². The average molecular weight is 464 g/mol. The topological polar surface area (TPSA) is 47.0 Å². The number of amides is 1. The number of rotatable bonds is 4. The molecule has 0 saturated carbocycles. The molecule has 0 aromatic heterocycles. The first-order chi connectivity index (χ1) is 14.8. The van der Waals surface area contributed by atoms with Crippen LogP contribution in [0.5, 0.6) is 0 Å². The third kappa shape index (κ3) is 5.18. The van der Waals surface area contributed by atoms with E-state index in [0.29, 0.717) is 25.6 Å². The van der Waals surface area contributed by atoms with Crippen molar-refractivity contribution in [3.63, 3.8) is 0 Å². The summed E-state index contributed by atoms with van der Waals surface area (Å²) in [6, 6.07) is 8.39. The monoisotopic (exact) mass is 463 g/mol. The Morgan fingerprint density at radius 2 is 1.81 bits per heavy atom. The summed E-state index contributed by atoms with van der Waals surface area (Å²) >= 11 is 12.2. The Morgan fingerprint density at radius 1 is 1.06 bits per heavy atom. The second kappa shape index (κ2) is 9.63. The van der Waals surface area contributed by atoms with E-state index in [1.54, 1.807) is 0 Å². The summed E-state index contributed by atoms with van der Waals surface area (Å²) in [6.45, 7) is 8.84. The van der Waals surface area contributed by atoms with Gasteiger partial charge in [-0.1, -0.05) is 48.3 Å². The fraction of sp³-hybridized carbons (Fsp3) is 0.542. The van der Waals surface area contributed by atoms with Crippen LogP contribution >= 0.6 is 23.2 Å². The van der Waals surface area contributed by atoms with Gasteiger partial charge in [-0.15, -0.1) is 0 Å². The molecule has 31 heavy (non-hydrogen) atoms. The van der Waals surface area contributed by atoms with Crippen molar-refractivity contribution >= 4 is 29.1 Å². The maximum Gasteiger partial charge on any atom is 0.249 e. The van der Waals surface area contributed by atoms with Gasteiger partial charge >= 0.3 is 0 Å². The molecule has 168 valence electrons. The number of likely N-dealkylation sites (tertiary alicyclic amines) is 1. The SMILES string of the molecule is CC1CC(C(=O)N2CC(O)C(N3CCN(Cc4ccc(Cl)cc4)[C@H](C)C3)C2)=CC=C1Cl. The summed E-state index contributed by atoms with van der Waals surface area (Å²) in [5.74, 6) is 0.201. The van der Waals surface area contributed by atoms with Gasteiger partial charge in [0.2, 0.25) is 5.91 Å². The molecule has 2 fully saturated rings. The molecule has 1 aromatic carbocycles. The fourth-order valence-electron chi connectivity index (χ4n) is 4.88. The third-order valence-electron chi connectivity index (χ3n) is 6.83. The van der Waals surface area contributed by atoms with Gasteiger partial charge in [-0.05, 0) is 43.0 Å². The van der Waals surface area contributed by atoms with Crippen molar-refractivity contribution < 1.29 is 9.90 Å². The normalized spacial score (nSPS) is 30.3. The first-order valence-electron chi connectivity index (χ1n) is 11.1. The average Bonchev–Trinajstić information content (AvgIpc) is 3.14. The smallest absolute Gasteiger partial charge is 0.249 e. The summed E-state index contributed by atoms with van der Waals surface area (Å²) in [5, 5.41) is 12.3. The quantitative estimate of drug-likeness (QED) is 0.741. The van der Waals surface area contributed by atoms with E-state index in [0.717, 1.165) is 41.8 Å². The second-order valence-electron chi connectivity index (χ2n) is 9.13. The highest BCUT2D eigenvalue weighted by atomic mass is 35.5. The van der Waals surface area contributed by atoms with Crippen molar-refractivity contribution in [2.75, 3.05) is 32.7 Å². The van der Waals surface area contributed by atoms with Gasteiger partial charge in [-0.2, -0.15) is 0 Å². The molecule has 1 aromatic rings. The van der Waals surface area contributed by atoms with Crippen LogP contribution in [-0.4, -0.2) is 76.6 Å². The predicted octanol–water partition coefficient (Wildman–Crippen LogP) is 3.51. The zero-order valence-corrected chi connectivity index (χ0v) is 19.7. The van der Waals surface area contributed by atoms with E-state index in [1.165, 1.54) is 5.56 Å². The summed E-state index contributed by atoms with van der Waals surface area (Å²) in [6.07, 6.45) is 3.81. The Hall–Kier alpha value is -1.37. The lowest BCUT2D eigenvalue weighted by Crippen LogP contribution is -2.57. The Bertz CT molecular complexity index is 870. The number of piperazine rings is 1. The van der Waals surface area contributed by atoms with E-state index in [-0.39, 0.29) is 17.9 Å². The molecule has 0 bridgehead atoms. The molecule has 7 heteroatoms. The maximum atomic E-state index is 13.0. The molecule has 1 N–H and O–H groups in total. The summed E-state index contributed by atoms with van der Waals surface area (Å²) < 4.78 is 0. The number of allylic oxidation sites excluding steroid dienone is 3. The minimum absolute atomic E-state index is 0.00942. The van der Waals surface area contributed by atoms with Gasteiger partial charge in [0.15, 0.2) is 0 Å². The highest BCUT2D eigenvalue weighted by molar-refractivity contribution is 6.30. The van der Waals surface area contributed by atoms with Gasteiger partial charge in [-0.3, -0.25) is 14.6 Å². The summed E-state index contributed by atoms with van der Waals surface area (Å²) in [7, 11) is 0. The molecule has 1 amide bonds. The lowest BCUT2D eigenvalue weighted by molar-refractivity contribution is -0.126. The Morgan fingerprint density at radius 3 is 2.48 bits per heavy atom. The zero-order chi connectivity index (χ0) is 22.1. The van der Waals surface area contributed by atoms with Crippen molar-refractivity contribution in [3.8, 4) is 0 Å². The number of nitrogens with zero attached hydrogens (tertiary/aromatic N) is 3. The fourth-order valence-corrected chi connectivity index (χ4v) is 5.15. The molecule has 2 saturated heterocycles. The van der Waals surface area contributed by atoms with Crippen molar-refractivity contribution in [1.29, 1.82) is 0 Å². The van der Waals surface area contributed by atoms with Crippen LogP contribution in [0.1, 0.15) is 25.8 Å². The van der Waals surface area contributed by atoms with E-state index in [1.807, 2.05) is 36.1 Å². The molecular weight excluding hydrogens is 433 g/mol. The third-order valence-corrected chi connectivity index (χ3v) is 7.58. The number of hydrogen-bond donors (Lipinski definition) is 1.